The molecule has 0 amide bonds. The number of nitrogens with one attached hydrogen (secondary N) is 1. The molecule has 108 valence electrons. The lowest BCUT2D eigenvalue weighted by molar-refractivity contribution is 0.0664. The Bertz CT molecular complexity index is 211. The first-order valence-corrected chi connectivity index (χ1v) is 7.58. The molecule has 4 unspecified atom stereocenters. The number of rotatable bonds is 9. The predicted molar refractivity (Wildman–Crippen MR) is 75.9 cm³/mol. The van der Waals surface area contributed by atoms with E-state index in [1.54, 1.807) is 7.11 Å². The van der Waals surface area contributed by atoms with Gasteiger partial charge in [-0.1, -0.05) is 20.8 Å². The van der Waals surface area contributed by atoms with Crippen molar-refractivity contribution in [3.05, 3.63) is 0 Å². The Morgan fingerprint density at radius 1 is 1.39 bits per heavy atom. The second kappa shape index (κ2) is 8.89. The third-order valence-electron chi connectivity index (χ3n) is 4.14. The normalized spacial score (nSPS) is 27.3. The zero-order valence-electron chi connectivity index (χ0n) is 12.6. The molecule has 0 aliphatic carbocycles. The summed E-state index contributed by atoms with van der Waals surface area (Å²) in [6.45, 7) is 9.71. The third-order valence-corrected chi connectivity index (χ3v) is 4.14. The van der Waals surface area contributed by atoms with Crippen molar-refractivity contribution in [3.8, 4) is 0 Å². The molecular weight excluding hydrogens is 226 g/mol. The van der Waals surface area contributed by atoms with Gasteiger partial charge in [-0.15, -0.1) is 0 Å². The van der Waals surface area contributed by atoms with Crippen LogP contribution < -0.4 is 5.32 Å². The van der Waals surface area contributed by atoms with Crippen molar-refractivity contribution in [1.82, 2.24) is 5.32 Å². The van der Waals surface area contributed by atoms with Crippen LogP contribution in [0.15, 0.2) is 0 Å². The fraction of sp³-hybridized carbons (Fsp3) is 1.00. The van der Waals surface area contributed by atoms with E-state index >= 15 is 0 Å². The van der Waals surface area contributed by atoms with Crippen LogP contribution in [0.4, 0.5) is 0 Å². The van der Waals surface area contributed by atoms with Gasteiger partial charge in [0.1, 0.15) is 0 Å². The molecule has 1 saturated heterocycles. The first kappa shape index (κ1) is 15.9. The van der Waals surface area contributed by atoms with Crippen LogP contribution >= 0.6 is 0 Å². The Morgan fingerprint density at radius 3 is 2.78 bits per heavy atom. The van der Waals surface area contributed by atoms with Crippen molar-refractivity contribution in [2.24, 2.45) is 11.8 Å². The molecule has 1 aliphatic rings. The van der Waals surface area contributed by atoms with E-state index in [1.807, 2.05) is 0 Å². The van der Waals surface area contributed by atoms with Crippen molar-refractivity contribution in [1.29, 1.82) is 0 Å². The quantitative estimate of drug-likeness (QED) is 0.689. The van der Waals surface area contributed by atoms with E-state index in [2.05, 4.69) is 26.1 Å². The second-order valence-electron chi connectivity index (χ2n) is 5.51. The monoisotopic (exact) mass is 257 g/mol. The summed E-state index contributed by atoms with van der Waals surface area (Å²) in [7, 11) is 1.79. The maximum absolute atomic E-state index is 5.86. The van der Waals surface area contributed by atoms with Crippen molar-refractivity contribution < 1.29 is 9.47 Å². The largest absolute Gasteiger partial charge is 0.385 e. The van der Waals surface area contributed by atoms with E-state index in [4.69, 9.17) is 9.47 Å². The lowest BCUT2D eigenvalue weighted by Gasteiger charge is -2.33. The lowest BCUT2D eigenvalue weighted by Crippen LogP contribution is -2.45. The van der Waals surface area contributed by atoms with Crippen LogP contribution in [-0.2, 0) is 9.47 Å². The third kappa shape index (κ3) is 4.52. The number of methoxy groups -OCH3 is 1. The predicted octanol–water partition coefficient (Wildman–Crippen LogP) is 2.84. The topological polar surface area (TPSA) is 30.5 Å². The summed E-state index contributed by atoms with van der Waals surface area (Å²) in [5.74, 6) is 1.32. The molecule has 3 nitrogen and oxygen atoms in total. The second-order valence-corrected chi connectivity index (χ2v) is 5.51. The first-order chi connectivity index (χ1) is 8.74. The molecule has 0 aromatic carbocycles. The lowest BCUT2D eigenvalue weighted by atomic mass is 9.82. The van der Waals surface area contributed by atoms with Crippen LogP contribution in [0, 0.1) is 11.8 Å². The Hall–Kier alpha value is -0.120. The average Bonchev–Trinajstić information content (AvgIpc) is 2.85. The summed E-state index contributed by atoms with van der Waals surface area (Å²) in [5.41, 5.74) is 0. The molecule has 0 aromatic rings. The highest BCUT2D eigenvalue weighted by Gasteiger charge is 2.35. The first-order valence-electron chi connectivity index (χ1n) is 7.58. The zero-order valence-corrected chi connectivity index (χ0v) is 12.6. The molecular formula is C15H31NO2. The fourth-order valence-electron chi connectivity index (χ4n) is 3.07. The minimum absolute atomic E-state index is 0.448. The van der Waals surface area contributed by atoms with Crippen LogP contribution in [-0.4, -0.2) is 39.0 Å². The SMILES string of the molecule is CCCNC(C(C)CCOC)C1CCOC1CC. The minimum atomic E-state index is 0.448. The van der Waals surface area contributed by atoms with Gasteiger partial charge in [-0.25, -0.2) is 0 Å². The van der Waals surface area contributed by atoms with Crippen molar-refractivity contribution in [2.75, 3.05) is 26.9 Å². The zero-order chi connectivity index (χ0) is 13.4. The van der Waals surface area contributed by atoms with Crippen molar-refractivity contribution in [2.45, 2.75) is 58.6 Å². The van der Waals surface area contributed by atoms with Crippen molar-refractivity contribution in [3.63, 3.8) is 0 Å². The molecule has 3 heteroatoms. The maximum Gasteiger partial charge on any atom is 0.0616 e. The number of hydrogen-bond acceptors (Lipinski definition) is 3. The van der Waals surface area contributed by atoms with Crippen LogP contribution in [0.2, 0.25) is 0 Å². The molecule has 1 fully saturated rings. The van der Waals surface area contributed by atoms with E-state index in [0.29, 0.717) is 24.0 Å². The van der Waals surface area contributed by atoms with Gasteiger partial charge in [0.2, 0.25) is 0 Å². The molecule has 0 saturated carbocycles. The summed E-state index contributed by atoms with van der Waals surface area (Å²) in [4.78, 5) is 0. The number of hydrogen-bond donors (Lipinski definition) is 1. The van der Waals surface area contributed by atoms with Gasteiger partial charge in [-0.05, 0) is 38.1 Å². The van der Waals surface area contributed by atoms with E-state index in [9.17, 15) is 0 Å². The molecule has 0 aromatic heterocycles. The summed E-state index contributed by atoms with van der Waals surface area (Å²) >= 11 is 0. The molecule has 1 rings (SSSR count). The minimum Gasteiger partial charge on any atom is -0.385 e. The fourth-order valence-corrected chi connectivity index (χ4v) is 3.07. The van der Waals surface area contributed by atoms with Crippen LogP contribution in [0.3, 0.4) is 0 Å². The molecule has 1 heterocycles. The summed E-state index contributed by atoms with van der Waals surface area (Å²) < 4.78 is 11.1. The molecule has 1 N–H and O–H groups in total. The van der Waals surface area contributed by atoms with Gasteiger partial charge in [0.15, 0.2) is 0 Å². The highest BCUT2D eigenvalue weighted by atomic mass is 16.5. The summed E-state index contributed by atoms with van der Waals surface area (Å²) in [5, 5.41) is 3.75. The van der Waals surface area contributed by atoms with Gasteiger partial charge in [0.25, 0.3) is 0 Å². The van der Waals surface area contributed by atoms with Gasteiger partial charge in [-0.3, -0.25) is 0 Å². The Balaban J connectivity index is 2.57. The summed E-state index contributed by atoms with van der Waals surface area (Å²) in [6, 6.07) is 0.576. The summed E-state index contributed by atoms with van der Waals surface area (Å²) in [6.07, 6.45) is 5.11. The Kier molecular flexibility index (Phi) is 7.87. The average molecular weight is 257 g/mol. The van der Waals surface area contributed by atoms with Gasteiger partial charge < -0.3 is 14.8 Å². The molecule has 0 spiro atoms. The van der Waals surface area contributed by atoms with Gasteiger partial charge in [-0.2, -0.15) is 0 Å². The Labute approximate surface area is 113 Å². The Morgan fingerprint density at radius 2 is 2.17 bits per heavy atom. The molecule has 0 radical (unpaired) electrons. The van der Waals surface area contributed by atoms with Crippen LogP contribution in [0.1, 0.15) is 46.5 Å². The van der Waals surface area contributed by atoms with Gasteiger partial charge >= 0.3 is 0 Å². The van der Waals surface area contributed by atoms with Crippen LogP contribution in [0.5, 0.6) is 0 Å². The smallest absolute Gasteiger partial charge is 0.0616 e. The molecule has 4 atom stereocenters. The number of ether oxygens (including phenoxy) is 2. The van der Waals surface area contributed by atoms with E-state index < -0.39 is 0 Å². The van der Waals surface area contributed by atoms with Crippen molar-refractivity contribution >= 4 is 0 Å². The standard InChI is InChI=1S/C15H31NO2/c1-5-9-16-15(12(3)7-10-17-4)13-8-11-18-14(13)6-2/h12-16H,5-11H2,1-4H3. The van der Waals surface area contributed by atoms with E-state index in [-0.39, 0.29) is 0 Å². The van der Waals surface area contributed by atoms with E-state index in [1.165, 1.54) is 12.8 Å². The van der Waals surface area contributed by atoms with E-state index in [0.717, 1.165) is 32.6 Å². The van der Waals surface area contributed by atoms with Gasteiger partial charge in [0.05, 0.1) is 6.10 Å². The molecule has 0 bridgehead atoms. The maximum atomic E-state index is 5.86. The van der Waals surface area contributed by atoms with Crippen LogP contribution in [0.25, 0.3) is 0 Å². The molecule has 18 heavy (non-hydrogen) atoms. The highest BCUT2D eigenvalue weighted by molar-refractivity contribution is 4.88. The highest BCUT2D eigenvalue weighted by Crippen LogP contribution is 2.30. The van der Waals surface area contributed by atoms with Gasteiger partial charge in [0, 0.05) is 32.3 Å². The molecule has 1 aliphatic heterocycles.